The molecule has 1 fully saturated rings. The first-order valence-electron chi connectivity index (χ1n) is 9.55. The van der Waals surface area contributed by atoms with Gasteiger partial charge in [-0.25, -0.2) is 9.67 Å². The molecule has 150 valence electrons. The Kier molecular flexibility index (Phi) is 5.90. The van der Waals surface area contributed by atoms with Crippen LogP contribution >= 0.6 is 11.8 Å². The molecule has 0 saturated carbocycles. The molecule has 7 heteroatoms. The molecule has 1 aliphatic heterocycles. The third-order valence-corrected chi connectivity index (χ3v) is 5.49. The van der Waals surface area contributed by atoms with Crippen molar-refractivity contribution in [1.82, 2.24) is 20.3 Å². The molecular formula is C23H21N5OS. The normalized spacial score (nSPS) is 16.7. The van der Waals surface area contributed by atoms with E-state index in [4.69, 9.17) is 0 Å². The minimum Gasteiger partial charge on any atom is -0.300 e. The predicted molar refractivity (Wildman–Crippen MR) is 121 cm³/mol. The highest BCUT2D eigenvalue weighted by atomic mass is 32.2. The predicted octanol–water partition coefficient (Wildman–Crippen LogP) is 4.39. The quantitative estimate of drug-likeness (QED) is 0.627. The number of carbonyl (C=O) groups is 1. The van der Waals surface area contributed by atoms with Crippen LogP contribution in [0.25, 0.3) is 6.08 Å². The largest absolute Gasteiger partial charge is 0.300 e. The molecular weight excluding hydrogens is 394 g/mol. The van der Waals surface area contributed by atoms with E-state index in [1.54, 1.807) is 16.8 Å². The standard InChI is InChI=1S/C23H21N5OS/c1-16-8-6-9-17(2)21(16)24-23-25-22(29)20(30-23)13-7-12-19-15-28(27-26-19)14-18-10-4-3-5-11-18/h3-13,15H,14H2,1-2H3,(H,24,25,29)/b12-7+,20-13+. The van der Waals surface area contributed by atoms with Gasteiger partial charge in [-0.2, -0.15) is 0 Å². The molecule has 1 amide bonds. The van der Waals surface area contributed by atoms with Crippen LogP contribution < -0.4 is 5.32 Å². The van der Waals surface area contributed by atoms with Crippen LogP contribution in [0.3, 0.4) is 0 Å². The number of hydrogen-bond acceptors (Lipinski definition) is 5. The fraction of sp³-hybridized carbons (Fsp3) is 0.130. The molecule has 1 aliphatic rings. The number of thioether (sulfide) groups is 1. The molecule has 0 atom stereocenters. The van der Waals surface area contributed by atoms with Gasteiger partial charge in [0, 0.05) is 0 Å². The summed E-state index contributed by atoms with van der Waals surface area (Å²) in [6, 6.07) is 16.1. The zero-order valence-corrected chi connectivity index (χ0v) is 17.6. The Morgan fingerprint density at radius 1 is 1.10 bits per heavy atom. The van der Waals surface area contributed by atoms with Crippen molar-refractivity contribution in [3.8, 4) is 0 Å². The van der Waals surface area contributed by atoms with Gasteiger partial charge in [-0.15, -0.1) is 5.10 Å². The van der Waals surface area contributed by atoms with Crippen LogP contribution in [0.1, 0.15) is 22.4 Å². The highest BCUT2D eigenvalue weighted by Crippen LogP contribution is 2.29. The number of para-hydroxylation sites is 1. The average Bonchev–Trinajstić information content (AvgIpc) is 3.32. The monoisotopic (exact) mass is 415 g/mol. The smallest absolute Gasteiger partial charge is 0.264 e. The van der Waals surface area contributed by atoms with Gasteiger partial charge in [0.1, 0.15) is 5.69 Å². The van der Waals surface area contributed by atoms with Gasteiger partial charge in [0.25, 0.3) is 5.91 Å². The van der Waals surface area contributed by atoms with E-state index in [0.29, 0.717) is 16.6 Å². The maximum atomic E-state index is 12.2. The fourth-order valence-corrected chi connectivity index (χ4v) is 3.83. The van der Waals surface area contributed by atoms with E-state index < -0.39 is 0 Å². The van der Waals surface area contributed by atoms with Crippen LogP contribution in [0.5, 0.6) is 0 Å². The van der Waals surface area contributed by atoms with Crippen molar-refractivity contribution >= 4 is 34.6 Å². The molecule has 1 aromatic heterocycles. The van der Waals surface area contributed by atoms with Crippen molar-refractivity contribution in [3.63, 3.8) is 0 Å². The van der Waals surface area contributed by atoms with E-state index in [0.717, 1.165) is 28.1 Å². The lowest BCUT2D eigenvalue weighted by Gasteiger charge is -2.04. The van der Waals surface area contributed by atoms with Crippen LogP contribution in [-0.4, -0.2) is 26.1 Å². The molecule has 30 heavy (non-hydrogen) atoms. The molecule has 3 aromatic rings. The van der Waals surface area contributed by atoms with Crippen LogP contribution in [0.2, 0.25) is 0 Å². The molecule has 0 aliphatic carbocycles. The number of nitrogens with zero attached hydrogens (tertiary/aromatic N) is 4. The van der Waals surface area contributed by atoms with E-state index in [1.165, 1.54) is 11.8 Å². The van der Waals surface area contributed by atoms with Crippen LogP contribution in [0.15, 0.2) is 76.8 Å². The number of benzene rings is 2. The Hall–Kier alpha value is -3.45. The summed E-state index contributed by atoms with van der Waals surface area (Å²) in [5.74, 6) is -0.151. The zero-order valence-electron chi connectivity index (χ0n) is 16.7. The molecule has 0 unspecified atom stereocenters. The molecule has 1 saturated heterocycles. The van der Waals surface area contributed by atoms with Gasteiger partial charge >= 0.3 is 0 Å². The molecule has 2 aromatic carbocycles. The van der Waals surface area contributed by atoms with Gasteiger partial charge in [-0.05, 0) is 54.5 Å². The second-order valence-electron chi connectivity index (χ2n) is 6.93. The number of aryl methyl sites for hydroxylation is 2. The first kappa shape index (κ1) is 19.8. The Labute approximate surface area is 179 Å². The van der Waals surface area contributed by atoms with Crippen molar-refractivity contribution in [2.75, 3.05) is 0 Å². The summed E-state index contributed by atoms with van der Waals surface area (Å²) in [5.41, 5.74) is 4.94. The molecule has 1 N–H and O–H groups in total. The Balaban J connectivity index is 1.42. The van der Waals surface area contributed by atoms with Gasteiger partial charge in [0.15, 0.2) is 5.17 Å². The molecule has 6 nitrogen and oxygen atoms in total. The lowest BCUT2D eigenvalue weighted by Crippen LogP contribution is -2.19. The summed E-state index contributed by atoms with van der Waals surface area (Å²) in [6.07, 6.45) is 7.28. The van der Waals surface area contributed by atoms with Gasteiger partial charge in [-0.3, -0.25) is 4.79 Å². The van der Waals surface area contributed by atoms with Crippen LogP contribution in [0.4, 0.5) is 5.69 Å². The molecule has 2 heterocycles. The summed E-state index contributed by atoms with van der Waals surface area (Å²) >= 11 is 1.33. The highest BCUT2D eigenvalue weighted by Gasteiger charge is 2.23. The van der Waals surface area contributed by atoms with E-state index in [-0.39, 0.29) is 5.91 Å². The first-order chi connectivity index (χ1) is 14.6. The third kappa shape index (κ3) is 4.75. The fourth-order valence-electron chi connectivity index (χ4n) is 3.05. The van der Waals surface area contributed by atoms with Crippen molar-refractivity contribution in [2.45, 2.75) is 20.4 Å². The molecule has 0 radical (unpaired) electrons. The Bertz CT molecular complexity index is 1140. The van der Waals surface area contributed by atoms with Crippen LogP contribution in [-0.2, 0) is 11.3 Å². The Morgan fingerprint density at radius 2 is 1.87 bits per heavy atom. The summed E-state index contributed by atoms with van der Waals surface area (Å²) < 4.78 is 1.79. The lowest BCUT2D eigenvalue weighted by molar-refractivity contribution is -0.115. The number of hydrogen-bond donors (Lipinski definition) is 1. The van der Waals surface area contributed by atoms with Gasteiger partial charge in [-0.1, -0.05) is 59.8 Å². The SMILES string of the molecule is Cc1cccc(C)c1N=C1NC(=O)/C(=C\C=C\c2cn(Cc3ccccc3)nn2)S1. The Morgan fingerprint density at radius 3 is 2.63 bits per heavy atom. The summed E-state index contributed by atoms with van der Waals surface area (Å²) in [6.45, 7) is 4.69. The van der Waals surface area contributed by atoms with Gasteiger partial charge in [0.05, 0.1) is 23.3 Å². The topological polar surface area (TPSA) is 72.2 Å². The number of aliphatic imine (C=N–C) groups is 1. The minimum absolute atomic E-state index is 0.151. The minimum atomic E-state index is -0.151. The molecule has 0 bridgehead atoms. The number of nitrogens with one attached hydrogen (secondary N) is 1. The van der Waals surface area contributed by atoms with Crippen molar-refractivity contribution in [1.29, 1.82) is 0 Å². The summed E-state index contributed by atoms with van der Waals surface area (Å²) in [5, 5.41) is 11.7. The average molecular weight is 416 g/mol. The van der Waals surface area contributed by atoms with Crippen molar-refractivity contribution in [2.24, 2.45) is 4.99 Å². The molecule has 4 rings (SSSR count). The second-order valence-corrected chi connectivity index (χ2v) is 7.96. The first-order valence-corrected chi connectivity index (χ1v) is 10.4. The van der Waals surface area contributed by atoms with Gasteiger partial charge < -0.3 is 5.32 Å². The van der Waals surface area contributed by atoms with Crippen molar-refractivity contribution < 1.29 is 4.79 Å². The van der Waals surface area contributed by atoms with E-state index >= 15 is 0 Å². The van der Waals surface area contributed by atoms with Crippen LogP contribution in [0, 0.1) is 13.8 Å². The lowest BCUT2D eigenvalue weighted by atomic mass is 10.1. The number of amides is 1. The summed E-state index contributed by atoms with van der Waals surface area (Å²) in [4.78, 5) is 17.5. The number of aromatic nitrogens is 3. The summed E-state index contributed by atoms with van der Waals surface area (Å²) in [7, 11) is 0. The maximum absolute atomic E-state index is 12.2. The van der Waals surface area contributed by atoms with Gasteiger partial charge in [0.2, 0.25) is 0 Å². The second kappa shape index (κ2) is 8.92. The highest BCUT2D eigenvalue weighted by molar-refractivity contribution is 8.18. The third-order valence-electron chi connectivity index (χ3n) is 4.56. The molecule has 0 spiro atoms. The van der Waals surface area contributed by atoms with E-state index in [2.05, 4.69) is 32.8 Å². The van der Waals surface area contributed by atoms with E-state index in [1.807, 2.05) is 62.5 Å². The zero-order chi connectivity index (χ0) is 20.9. The number of amidine groups is 1. The maximum Gasteiger partial charge on any atom is 0.264 e. The number of allylic oxidation sites excluding steroid dienone is 2. The van der Waals surface area contributed by atoms with E-state index in [9.17, 15) is 4.79 Å². The number of rotatable bonds is 5. The number of carbonyl (C=O) groups excluding carboxylic acids is 1. The van der Waals surface area contributed by atoms with Crippen molar-refractivity contribution in [3.05, 3.63) is 94.2 Å².